The molecule has 2 aromatic rings. The average molecular weight is 394 g/mol. The number of nitrogens with zero attached hydrogens (tertiary/aromatic N) is 2. The van der Waals surface area contributed by atoms with E-state index < -0.39 is 9.90 Å². The molecule has 1 atom stereocenters. The molecule has 3 rings (SSSR count). The molecule has 2 aromatic carbocycles. The molecule has 0 bridgehead atoms. The second-order valence-electron chi connectivity index (χ2n) is 5.36. The van der Waals surface area contributed by atoms with Crippen molar-refractivity contribution in [2.24, 2.45) is 5.10 Å². The van der Waals surface area contributed by atoms with Crippen LogP contribution in [0.5, 0.6) is 0 Å². The van der Waals surface area contributed by atoms with Gasteiger partial charge in [-0.1, -0.05) is 102 Å². The van der Waals surface area contributed by atoms with E-state index in [9.17, 15) is 0 Å². The second-order valence-corrected chi connectivity index (χ2v) is 7.73. The summed E-state index contributed by atoms with van der Waals surface area (Å²) in [5.41, 5.74) is 3.29. The first-order chi connectivity index (χ1) is 12.0. The van der Waals surface area contributed by atoms with Crippen LogP contribution >= 0.6 is 34.8 Å². The molecule has 0 spiro atoms. The average Bonchev–Trinajstić information content (AvgIpc) is 3.09. The van der Waals surface area contributed by atoms with Gasteiger partial charge in [-0.15, -0.1) is 5.17 Å². The summed E-state index contributed by atoms with van der Waals surface area (Å²) in [6, 6.07) is 18.3. The van der Waals surface area contributed by atoms with E-state index in [0.29, 0.717) is 0 Å². The van der Waals surface area contributed by atoms with Crippen LogP contribution in [-0.2, 0) is 4.84 Å². The fraction of sp³-hybridized carbons (Fsp3) is 0.105. The van der Waals surface area contributed by atoms with Crippen molar-refractivity contribution in [3.8, 4) is 0 Å². The van der Waals surface area contributed by atoms with Crippen molar-refractivity contribution < 1.29 is 4.84 Å². The molecule has 0 N–H and O–H groups in total. The summed E-state index contributed by atoms with van der Waals surface area (Å²) in [6.45, 7) is 0. The largest absolute Gasteiger partial charge is 0.239 e. The number of halogens is 3. The maximum Gasteiger partial charge on any atom is 0.224 e. The predicted molar refractivity (Wildman–Crippen MR) is 106 cm³/mol. The molecule has 1 aliphatic rings. The van der Waals surface area contributed by atoms with Gasteiger partial charge < -0.3 is 0 Å². The number of hydrazone groups is 1. The van der Waals surface area contributed by atoms with Crippen LogP contribution in [-0.4, -0.2) is 21.3 Å². The summed E-state index contributed by atoms with van der Waals surface area (Å²) in [5, 5.41) is 5.29. The minimum absolute atomic E-state index is 0.701. The lowest BCUT2D eigenvalue weighted by molar-refractivity contribution is -0.117. The molecular weight excluding hydrogens is 379 g/mol. The Morgan fingerprint density at radius 1 is 0.840 bits per heavy atom. The lowest BCUT2D eigenvalue weighted by Crippen LogP contribution is -2.28. The minimum atomic E-state index is -1.54. The van der Waals surface area contributed by atoms with Gasteiger partial charge in [0, 0.05) is 0 Å². The molecule has 128 valence electrons. The topological polar surface area (TPSA) is 24.8 Å². The Morgan fingerprint density at radius 2 is 1.40 bits per heavy atom. The SMILES string of the molecule is ClC(Cl)(Cl)C1C=NN(C=Cc2ccc(C=Cc3ccccc3)cc2)O1. The number of alkyl halides is 3. The van der Waals surface area contributed by atoms with Gasteiger partial charge in [0.05, 0.1) is 12.4 Å². The number of hydroxylamine groups is 1. The number of hydrogen-bond acceptors (Lipinski definition) is 3. The zero-order chi connectivity index (χ0) is 17.7. The smallest absolute Gasteiger partial charge is 0.224 e. The van der Waals surface area contributed by atoms with Crippen molar-refractivity contribution in [3.05, 3.63) is 77.5 Å². The van der Waals surface area contributed by atoms with Gasteiger partial charge in [0.1, 0.15) is 0 Å². The molecule has 3 nitrogen and oxygen atoms in total. The van der Waals surface area contributed by atoms with Crippen LogP contribution in [0.1, 0.15) is 16.7 Å². The van der Waals surface area contributed by atoms with E-state index in [4.69, 9.17) is 39.6 Å². The Labute approximate surface area is 161 Å². The standard InChI is InChI=1S/C19H15Cl3N2O/c20-19(21,22)18-14-23-24(25-18)13-12-17-10-8-16(9-11-17)7-6-15-4-2-1-3-5-15/h1-14,18H. The molecule has 6 heteroatoms. The van der Waals surface area contributed by atoms with Crippen molar-refractivity contribution in [1.82, 2.24) is 5.17 Å². The van der Waals surface area contributed by atoms with E-state index in [-0.39, 0.29) is 0 Å². The Balaban J connectivity index is 1.58. The fourth-order valence-corrected chi connectivity index (χ4v) is 2.43. The van der Waals surface area contributed by atoms with Crippen LogP contribution in [0.25, 0.3) is 18.2 Å². The molecule has 1 heterocycles. The maximum absolute atomic E-state index is 5.77. The van der Waals surface area contributed by atoms with Gasteiger partial charge in [0.25, 0.3) is 0 Å². The van der Waals surface area contributed by atoms with E-state index in [1.165, 1.54) is 17.0 Å². The van der Waals surface area contributed by atoms with Gasteiger partial charge in [0.15, 0.2) is 6.10 Å². The Bertz CT molecular complexity index is 781. The number of rotatable bonds is 4. The van der Waals surface area contributed by atoms with Crippen molar-refractivity contribution in [3.63, 3.8) is 0 Å². The number of benzene rings is 2. The molecule has 1 aliphatic heterocycles. The van der Waals surface area contributed by atoms with E-state index in [1.807, 2.05) is 48.5 Å². The molecule has 1 unspecified atom stereocenters. The molecular formula is C19H15Cl3N2O. The Kier molecular flexibility index (Phi) is 5.82. The van der Waals surface area contributed by atoms with Gasteiger partial charge in [-0.3, -0.25) is 0 Å². The first kappa shape index (κ1) is 18.0. The third kappa shape index (κ3) is 5.35. The first-order valence-electron chi connectivity index (χ1n) is 7.59. The molecule has 0 saturated carbocycles. The minimum Gasteiger partial charge on any atom is -0.239 e. The fourth-order valence-electron chi connectivity index (χ4n) is 2.14. The molecule has 0 radical (unpaired) electrons. The van der Waals surface area contributed by atoms with Gasteiger partial charge in [-0.2, -0.15) is 5.10 Å². The lowest BCUT2D eigenvalue weighted by atomic mass is 10.1. The van der Waals surface area contributed by atoms with Crippen molar-refractivity contribution in [1.29, 1.82) is 0 Å². The molecule has 0 amide bonds. The van der Waals surface area contributed by atoms with Crippen LogP contribution in [0.3, 0.4) is 0 Å². The van der Waals surface area contributed by atoms with Crippen LogP contribution < -0.4 is 0 Å². The van der Waals surface area contributed by atoms with E-state index in [0.717, 1.165) is 11.1 Å². The normalized spacial score (nSPS) is 17.9. The van der Waals surface area contributed by atoms with E-state index in [2.05, 4.69) is 29.4 Å². The van der Waals surface area contributed by atoms with Crippen LogP contribution in [0.4, 0.5) is 0 Å². The number of hydrogen-bond donors (Lipinski definition) is 0. The highest BCUT2D eigenvalue weighted by atomic mass is 35.6. The first-order valence-corrected chi connectivity index (χ1v) is 8.72. The quantitative estimate of drug-likeness (QED) is 0.484. The monoisotopic (exact) mass is 392 g/mol. The molecule has 0 aromatic heterocycles. The second kappa shape index (κ2) is 8.07. The van der Waals surface area contributed by atoms with Crippen LogP contribution in [0, 0.1) is 0 Å². The predicted octanol–water partition coefficient (Wildman–Crippen LogP) is 5.80. The highest BCUT2D eigenvalue weighted by molar-refractivity contribution is 6.68. The molecule has 0 saturated heterocycles. The molecule has 25 heavy (non-hydrogen) atoms. The van der Waals surface area contributed by atoms with Gasteiger partial charge in [-0.05, 0) is 22.8 Å². The zero-order valence-corrected chi connectivity index (χ0v) is 15.4. The lowest BCUT2D eigenvalue weighted by Gasteiger charge is -2.17. The van der Waals surface area contributed by atoms with Crippen molar-refractivity contribution >= 4 is 59.2 Å². The molecule has 0 fully saturated rings. The highest BCUT2D eigenvalue weighted by Crippen LogP contribution is 2.33. The zero-order valence-electron chi connectivity index (χ0n) is 13.1. The summed E-state index contributed by atoms with van der Waals surface area (Å²) in [4.78, 5) is 5.38. The van der Waals surface area contributed by atoms with Crippen molar-refractivity contribution in [2.75, 3.05) is 0 Å². The highest BCUT2D eigenvalue weighted by Gasteiger charge is 2.37. The summed E-state index contributed by atoms with van der Waals surface area (Å²) in [5.74, 6) is 0. The van der Waals surface area contributed by atoms with Crippen LogP contribution in [0.15, 0.2) is 65.9 Å². The summed E-state index contributed by atoms with van der Waals surface area (Å²) >= 11 is 17.3. The van der Waals surface area contributed by atoms with Gasteiger partial charge >= 0.3 is 0 Å². The van der Waals surface area contributed by atoms with E-state index in [1.54, 1.807) is 6.20 Å². The van der Waals surface area contributed by atoms with Gasteiger partial charge in [-0.25, -0.2) is 4.84 Å². The third-order valence-corrected chi connectivity index (χ3v) is 4.10. The van der Waals surface area contributed by atoms with Crippen molar-refractivity contribution in [2.45, 2.75) is 9.90 Å². The van der Waals surface area contributed by atoms with Crippen LogP contribution in [0.2, 0.25) is 0 Å². The Morgan fingerprint density at radius 3 is 1.96 bits per heavy atom. The third-order valence-electron chi connectivity index (χ3n) is 3.46. The Hall–Kier alpha value is -1.78. The van der Waals surface area contributed by atoms with Gasteiger partial charge in [0.2, 0.25) is 3.79 Å². The maximum atomic E-state index is 5.77. The summed E-state index contributed by atoms with van der Waals surface area (Å²) < 4.78 is -1.54. The van der Waals surface area contributed by atoms with E-state index >= 15 is 0 Å². The summed E-state index contributed by atoms with van der Waals surface area (Å²) in [7, 11) is 0. The molecule has 0 aliphatic carbocycles. The summed E-state index contributed by atoms with van der Waals surface area (Å²) in [6.07, 6.45) is 8.43.